The van der Waals surface area contributed by atoms with Crippen LogP contribution in [0.25, 0.3) is 0 Å². The molecule has 0 heterocycles. The van der Waals surface area contributed by atoms with Crippen molar-refractivity contribution < 1.29 is 9.53 Å². The van der Waals surface area contributed by atoms with Gasteiger partial charge in [0.2, 0.25) is 0 Å². The average Bonchev–Trinajstić information content (AvgIpc) is 2.27. The molecule has 88 valence electrons. The van der Waals surface area contributed by atoms with Crippen LogP contribution in [0.3, 0.4) is 0 Å². The molecule has 1 aromatic carbocycles. The van der Waals surface area contributed by atoms with Gasteiger partial charge in [0.05, 0.1) is 0 Å². The summed E-state index contributed by atoms with van der Waals surface area (Å²) in [4.78, 5) is 11.7. The minimum Gasteiger partial charge on any atom is -0.445 e. The van der Waals surface area contributed by atoms with Gasteiger partial charge in [-0.05, 0) is 12.0 Å². The van der Waals surface area contributed by atoms with Crippen molar-refractivity contribution in [3.63, 3.8) is 0 Å². The monoisotopic (exact) mass is 285 g/mol. The first-order valence-corrected chi connectivity index (χ1v) is 6.18. The fourth-order valence-electron chi connectivity index (χ4n) is 1.15. The molecule has 0 aliphatic carbocycles. The van der Waals surface area contributed by atoms with Crippen LogP contribution in [0.1, 0.15) is 18.9 Å². The van der Waals surface area contributed by atoms with Crippen molar-refractivity contribution in [2.24, 2.45) is 0 Å². The number of hydrogen-bond acceptors (Lipinski definition) is 2. The van der Waals surface area contributed by atoms with E-state index in [0.717, 1.165) is 12.0 Å². The molecule has 1 amide bonds. The van der Waals surface area contributed by atoms with Gasteiger partial charge in [-0.25, -0.2) is 4.79 Å². The zero-order chi connectivity index (χ0) is 11.8. The SMILES string of the molecule is CC(Br)CCNC(=O)OCc1ccccc1. The largest absolute Gasteiger partial charge is 0.445 e. The summed E-state index contributed by atoms with van der Waals surface area (Å²) < 4.78 is 5.04. The Balaban J connectivity index is 2.16. The van der Waals surface area contributed by atoms with E-state index >= 15 is 0 Å². The number of rotatable bonds is 5. The van der Waals surface area contributed by atoms with Gasteiger partial charge in [-0.1, -0.05) is 53.2 Å². The van der Waals surface area contributed by atoms with Crippen LogP contribution in [0.15, 0.2) is 30.3 Å². The lowest BCUT2D eigenvalue weighted by Gasteiger charge is -2.07. The van der Waals surface area contributed by atoms with Gasteiger partial charge >= 0.3 is 6.09 Å². The van der Waals surface area contributed by atoms with E-state index in [1.54, 1.807) is 0 Å². The molecule has 1 atom stereocenters. The van der Waals surface area contributed by atoms with Crippen LogP contribution < -0.4 is 5.32 Å². The van der Waals surface area contributed by atoms with Crippen molar-refractivity contribution in [1.82, 2.24) is 5.32 Å². The number of alkyl halides is 1. The van der Waals surface area contributed by atoms with E-state index in [9.17, 15) is 4.79 Å². The molecule has 0 spiro atoms. The molecule has 0 aliphatic heterocycles. The second-order valence-corrected chi connectivity index (χ2v) is 5.12. The Morgan fingerprint density at radius 3 is 2.75 bits per heavy atom. The van der Waals surface area contributed by atoms with Gasteiger partial charge < -0.3 is 10.1 Å². The summed E-state index contributed by atoms with van der Waals surface area (Å²) in [5, 5.41) is 2.69. The first kappa shape index (κ1) is 13.0. The van der Waals surface area contributed by atoms with Crippen LogP contribution in [0.4, 0.5) is 4.79 Å². The quantitative estimate of drug-likeness (QED) is 0.845. The van der Waals surface area contributed by atoms with Gasteiger partial charge in [-0.15, -0.1) is 0 Å². The van der Waals surface area contributed by atoms with Crippen molar-refractivity contribution in [2.75, 3.05) is 6.54 Å². The number of alkyl carbamates (subject to hydrolysis) is 1. The van der Waals surface area contributed by atoms with E-state index in [0.29, 0.717) is 18.0 Å². The Kier molecular flexibility index (Phi) is 5.93. The lowest BCUT2D eigenvalue weighted by Crippen LogP contribution is -2.26. The maximum Gasteiger partial charge on any atom is 0.407 e. The zero-order valence-corrected chi connectivity index (χ0v) is 10.9. The van der Waals surface area contributed by atoms with Crippen LogP contribution in [0.5, 0.6) is 0 Å². The smallest absolute Gasteiger partial charge is 0.407 e. The molecule has 16 heavy (non-hydrogen) atoms. The normalized spacial score (nSPS) is 11.9. The van der Waals surface area contributed by atoms with Gasteiger partial charge in [-0.3, -0.25) is 0 Å². The molecule has 0 aromatic heterocycles. The molecule has 1 N–H and O–H groups in total. The molecule has 0 fully saturated rings. The van der Waals surface area contributed by atoms with E-state index in [1.165, 1.54) is 0 Å². The summed E-state index contributed by atoms with van der Waals surface area (Å²) >= 11 is 3.41. The molecule has 1 rings (SSSR count). The molecule has 0 saturated heterocycles. The molecular weight excluding hydrogens is 270 g/mol. The number of ether oxygens (including phenoxy) is 1. The van der Waals surface area contributed by atoms with Gasteiger partial charge in [-0.2, -0.15) is 0 Å². The highest BCUT2D eigenvalue weighted by Gasteiger charge is 2.02. The fourth-order valence-corrected chi connectivity index (χ4v) is 1.38. The zero-order valence-electron chi connectivity index (χ0n) is 9.28. The third-order valence-corrected chi connectivity index (χ3v) is 2.48. The van der Waals surface area contributed by atoms with Gasteiger partial charge in [0, 0.05) is 11.4 Å². The number of hydrogen-bond donors (Lipinski definition) is 1. The van der Waals surface area contributed by atoms with Gasteiger partial charge in [0.25, 0.3) is 0 Å². The summed E-state index contributed by atoms with van der Waals surface area (Å²) in [5.41, 5.74) is 0.992. The summed E-state index contributed by atoms with van der Waals surface area (Å²) in [6.07, 6.45) is 0.525. The van der Waals surface area contributed by atoms with Crippen LogP contribution in [-0.4, -0.2) is 17.5 Å². The molecule has 0 saturated carbocycles. The third kappa shape index (κ3) is 5.75. The number of amides is 1. The molecule has 0 bridgehead atoms. The van der Waals surface area contributed by atoms with Crippen LogP contribution >= 0.6 is 15.9 Å². The summed E-state index contributed by atoms with van der Waals surface area (Å²) in [6.45, 7) is 2.98. The Hall–Kier alpha value is -1.03. The lowest BCUT2D eigenvalue weighted by atomic mass is 10.2. The fraction of sp³-hybridized carbons (Fsp3) is 0.417. The Bertz CT molecular complexity index is 314. The topological polar surface area (TPSA) is 38.3 Å². The number of nitrogens with one attached hydrogen (secondary N) is 1. The highest BCUT2D eigenvalue weighted by atomic mass is 79.9. The maximum atomic E-state index is 11.2. The first-order chi connectivity index (χ1) is 7.68. The van der Waals surface area contributed by atoms with E-state index in [2.05, 4.69) is 21.2 Å². The summed E-state index contributed by atoms with van der Waals surface area (Å²) in [6, 6.07) is 9.62. The lowest BCUT2D eigenvalue weighted by molar-refractivity contribution is 0.139. The molecule has 3 nitrogen and oxygen atoms in total. The second-order valence-electron chi connectivity index (χ2n) is 3.56. The standard InChI is InChI=1S/C12H16BrNO2/c1-10(13)7-8-14-12(15)16-9-11-5-3-2-4-6-11/h2-6,10H,7-9H2,1H3,(H,14,15). The van der Waals surface area contributed by atoms with Crippen molar-refractivity contribution in [2.45, 2.75) is 24.8 Å². The van der Waals surface area contributed by atoms with E-state index < -0.39 is 0 Å². The first-order valence-electron chi connectivity index (χ1n) is 5.27. The van der Waals surface area contributed by atoms with Gasteiger partial charge in [0.1, 0.15) is 6.61 Å². The van der Waals surface area contributed by atoms with Crippen molar-refractivity contribution in [3.05, 3.63) is 35.9 Å². The predicted octanol–water partition coefficient (Wildman–Crippen LogP) is 3.09. The third-order valence-electron chi connectivity index (χ3n) is 2.02. The number of carbonyl (C=O) groups is 1. The van der Waals surface area contributed by atoms with E-state index in [4.69, 9.17) is 4.74 Å². The molecule has 1 unspecified atom stereocenters. The highest BCUT2D eigenvalue weighted by molar-refractivity contribution is 9.09. The van der Waals surface area contributed by atoms with Crippen molar-refractivity contribution in [3.8, 4) is 0 Å². The van der Waals surface area contributed by atoms with E-state index in [1.807, 2.05) is 37.3 Å². The minimum atomic E-state index is -0.364. The Morgan fingerprint density at radius 1 is 1.44 bits per heavy atom. The van der Waals surface area contributed by atoms with Crippen molar-refractivity contribution >= 4 is 22.0 Å². The molecule has 0 aliphatic rings. The number of carbonyl (C=O) groups excluding carboxylic acids is 1. The second kappa shape index (κ2) is 7.28. The number of benzene rings is 1. The minimum absolute atomic E-state index is 0.316. The highest BCUT2D eigenvalue weighted by Crippen LogP contribution is 2.02. The molecule has 4 heteroatoms. The summed E-state index contributed by atoms with van der Waals surface area (Å²) in [5.74, 6) is 0. The van der Waals surface area contributed by atoms with Crippen LogP contribution in [0.2, 0.25) is 0 Å². The average molecular weight is 286 g/mol. The molecule has 0 radical (unpaired) electrons. The van der Waals surface area contributed by atoms with Crippen molar-refractivity contribution in [1.29, 1.82) is 0 Å². The maximum absolute atomic E-state index is 11.2. The Morgan fingerprint density at radius 2 is 2.12 bits per heavy atom. The number of halogens is 1. The predicted molar refractivity (Wildman–Crippen MR) is 67.6 cm³/mol. The summed E-state index contributed by atoms with van der Waals surface area (Å²) in [7, 11) is 0. The molecular formula is C12H16BrNO2. The van der Waals surface area contributed by atoms with E-state index in [-0.39, 0.29) is 6.09 Å². The Labute approximate surface area is 104 Å². The van der Waals surface area contributed by atoms with Gasteiger partial charge in [0.15, 0.2) is 0 Å². The van der Waals surface area contributed by atoms with Crippen LogP contribution in [-0.2, 0) is 11.3 Å². The molecule has 1 aromatic rings. The van der Waals surface area contributed by atoms with Crippen LogP contribution in [0, 0.1) is 0 Å².